The number of nitrogens with one attached hydrogen (secondary N) is 1. The maximum atomic E-state index is 12.5. The molecule has 2 N–H and O–H groups in total. The molecule has 4 aromatic heterocycles. The number of rotatable bonds is 11. The summed E-state index contributed by atoms with van der Waals surface area (Å²) in [5, 5.41) is 27.2. The number of aromatic nitrogens is 4. The van der Waals surface area contributed by atoms with E-state index in [1.807, 2.05) is 18.2 Å². The maximum absolute atomic E-state index is 12.5. The van der Waals surface area contributed by atoms with Gasteiger partial charge in [-0.3, -0.25) is 4.79 Å². The van der Waals surface area contributed by atoms with E-state index < -0.39 is 5.60 Å². The third-order valence-corrected chi connectivity index (χ3v) is 6.12. The topological polar surface area (TPSA) is 129 Å². The van der Waals surface area contributed by atoms with Crippen LogP contribution in [0.25, 0.3) is 16.6 Å². The molecule has 0 atom stereocenters. The van der Waals surface area contributed by atoms with Gasteiger partial charge in [-0.15, -0.1) is 0 Å². The van der Waals surface area contributed by atoms with Gasteiger partial charge in [0.05, 0.1) is 34.1 Å². The van der Waals surface area contributed by atoms with E-state index in [4.69, 9.17) is 21.3 Å². The number of carbonyl (C=O) groups excluding carboxylic acids is 1. The molecule has 0 aliphatic rings. The van der Waals surface area contributed by atoms with Crippen molar-refractivity contribution in [2.75, 3.05) is 31.1 Å². The normalized spacial score (nSPS) is 11.3. The van der Waals surface area contributed by atoms with Crippen molar-refractivity contribution in [3.05, 3.63) is 71.4 Å². The SMILES string of the molecule is CCCN(CCNC(=O)c1ncccc1Cl)c1ccc(-c2cc(OCC(C)(C)O)cn3ncc(C#N)c23)cn1. The van der Waals surface area contributed by atoms with Gasteiger partial charge in [0.1, 0.15) is 29.9 Å². The molecule has 0 saturated heterocycles. The molecule has 0 radical (unpaired) electrons. The van der Waals surface area contributed by atoms with Crippen molar-refractivity contribution in [3.8, 4) is 22.9 Å². The van der Waals surface area contributed by atoms with Crippen molar-refractivity contribution >= 4 is 28.8 Å². The first kappa shape index (κ1) is 27.8. The molecule has 4 aromatic rings. The number of amides is 1. The molecule has 0 bridgehead atoms. The summed E-state index contributed by atoms with van der Waals surface area (Å²) >= 11 is 6.08. The van der Waals surface area contributed by atoms with Crippen LogP contribution >= 0.6 is 11.6 Å². The number of halogens is 1. The number of aliphatic hydroxyl groups is 1. The summed E-state index contributed by atoms with van der Waals surface area (Å²) in [6, 6.07) is 11.2. The number of anilines is 1. The Bertz CT molecular complexity index is 1490. The van der Waals surface area contributed by atoms with Crippen LogP contribution in [0.1, 0.15) is 43.2 Å². The van der Waals surface area contributed by atoms with Gasteiger partial charge in [-0.1, -0.05) is 18.5 Å². The minimum atomic E-state index is -1.01. The lowest BCUT2D eigenvalue weighted by atomic mass is 10.1. The fourth-order valence-electron chi connectivity index (χ4n) is 4.02. The summed E-state index contributed by atoms with van der Waals surface area (Å²) in [5.74, 6) is 0.933. The zero-order chi connectivity index (χ0) is 28.0. The summed E-state index contributed by atoms with van der Waals surface area (Å²) in [7, 11) is 0. The van der Waals surface area contributed by atoms with Gasteiger partial charge >= 0.3 is 0 Å². The van der Waals surface area contributed by atoms with Crippen LogP contribution < -0.4 is 15.0 Å². The maximum Gasteiger partial charge on any atom is 0.271 e. The van der Waals surface area contributed by atoms with Crippen LogP contribution in [-0.2, 0) is 0 Å². The van der Waals surface area contributed by atoms with Crippen molar-refractivity contribution in [3.63, 3.8) is 0 Å². The van der Waals surface area contributed by atoms with E-state index >= 15 is 0 Å². The molecule has 0 spiro atoms. The van der Waals surface area contributed by atoms with E-state index in [2.05, 4.69) is 33.3 Å². The number of carbonyl (C=O) groups is 1. The molecule has 39 heavy (non-hydrogen) atoms. The van der Waals surface area contributed by atoms with Gasteiger partial charge in [0.15, 0.2) is 0 Å². The van der Waals surface area contributed by atoms with Crippen molar-refractivity contribution in [2.24, 2.45) is 0 Å². The second kappa shape index (κ2) is 12.1. The highest BCUT2D eigenvalue weighted by atomic mass is 35.5. The molecule has 202 valence electrons. The lowest BCUT2D eigenvalue weighted by Crippen LogP contribution is -2.36. The third kappa shape index (κ3) is 6.82. The molecular weight excluding hydrogens is 518 g/mol. The van der Waals surface area contributed by atoms with E-state index in [0.717, 1.165) is 29.9 Å². The second-order valence-corrected chi connectivity index (χ2v) is 10.0. The van der Waals surface area contributed by atoms with Crippen molar-refractivity contribution in [1.29, 1.82) is 5.26 Å². The fourth-order valence-corrected chi connectivity index (χ4v) is 4.23. The van der Waals surface area contributed by atoms with Gasteiger partial charge in [0, 0.05) is 43.2 Å². The Morgan fingerprint density at radius 1 is 1.26 bits per heavy atom. The quantitative estimate of drug-likeness (QED) is 0.287. The zero-order valence-electron chi connectivity index (χ0n) is 22.1. The van der Waals surface area contributed by atoms with E-state index in [-0.39, 0.29) is 18.2 Å². The van der Waals surface area contributed by atoms with Crippen molar-refractivity contribution in [2.45, 2.75) is 32.8 Å². The number of ether oxygens (including phenoxy) is 1. The van der Waals surface area contributed by atoms with Crippen LogP contribution in [-0.4, -0.2) is 62.4 Å². The van der Waals surface area contributed by atoms with Crippen molar-refractivity contribution in [1.82, 2.24) is 24.9 Å². The van der Waals surface area contributed by atoms with Crippen molar-refractivity contribution < 1.29 is 14.6 Å². The molecule has 0 saturated carbocycles. The predicted molar refractivity (Wildman–Crippen MR) is 149 cm³/mol. The third-order valence-electron chi connectivity index (χ3n) is 5.82. The molecular formula is C28H30ClN7O3. The molecule has 0 fully saturated rings. The highest BCUT2D eigenvalue weighted by molar-refractivity contribution is 6.33. The van der Waals surface area contributed by atoms with E-state index in [1.54, 1.807) is 42.9 Å². The first-order valence-electron chi connectivity index (χ1n) is 12.6. The Morgan fingerprint density at radius 3 is 2.74 bits per heavy atom. The standard InChI is InChI=1S/C28H30ClN7O3/c1-4-11-35(12-10-32-27(37)25-23(29)6-5-9-31-25)24-8-7-19(15-33-24)22-13-21(39-18-28(2,3)38)17-36-26(22)20(14-30)16-34-36/h5-9,13,15-17,38H,4,10-12,18H2,1-3H3,(H,32,37). The molecule has 0 aliphatic heterocycles. The van der Waals surface area contributed by atoms with E-state index in [1.165, 1.54) is 12.4 Å². The van der Waals surface area contributed by atoms with Gasteiger partial charge in [-0.2, -0.15) is 10.4 Å². The lowest BCUT2D eigenvalue weighted by Gasteiger charge is -2.23. The number of hydrogen-bond donors (Lipinski definition) is 2. The molecule has 11 heteroatoms. The molecule has 10 nitrogen and oxygen atoms in total. The van der Waals surface area contributed by atoms with Crippen LogP contribution in [0.4, 0.5) is 5.82 Å². The van der Waals surface area contributed by atoms with Gasteiger partial charge in [0.25, 0.3) is 5.91 Å². The smallest absolute Gasteiger partial charge is 0.271 e. The summed E-state index contributed by atoms with van der Waals surface area (Å²) in [4.78, 5) is 23.3. The first-order chi connectivity index (χ1) is 18.7. The minimum absolute atomic E-state index is 0.0938. The van der Waals surface area contributed by atoms with Crippen LogP contribution in [0.5, 0.6) is 5.75 Å². The summed E-state index contributed by atoms with van der Waals surface area (Å²) < 4.78 is 7.41. The molecule has 0 aromatic carbocycles. The highest BCUT2D eigenvalue weighted by Gasteiger charge is 2.18. The van der Waals surface area contributed by atoms with Gasteiger partial charge < -0.3 is 20.1 Å². The summed E-state index contributed by atoms with van der Waals surface area (Å²) in [6.45, 7) is 7.18. The number of nitriles is 1. The monoisotopic (exact) mass is 547 g/mol. The number of fused-ring (bicyclic) bond motifs is 1. The molecule has 1 amide bonds. The lowest BCUT2D eigenvalue weighted by molar-refractivity contribution is 0.0283. The second-order valence-electron chi connectivity index (χ2n) is 9.64. The number of nitrogens with zero attached hydrogens (tertiary/aromatic N) is 6. The minimum Gasteiger partial charge on any atom is -0.489 e. The molecule has 4 heterocycles. The van der Waals surface area contributed by atoms with E-state index in [0.29, 0.717) is 34.9 Å². The van der Waals surface area contributed by atoms with Crippen LogP contribution in [0.3, 0.4) is 0 Å². The van der Waals surface area contributed by atoms with Crippen LogP contribution in [0, 0.1) is 11.3 Å². The highest BCUT2D eigenvalue weighted by Crippen LogP contribution is 2.31. The van der Waals surface area contributed by atoms with Crippen LogP contribution in [0.15, 0.2) is 55.1 Å². The Kier molecular flexibility index (Phi) is 8.64. The Labute approximate surface area is 231 Å². The van der Waals surface area contributed by atoms with E-state index in [9.17, 15) is 15.2 Å². The van der Waals surface area contributed by atoms with Gasteiger partial charge in [-0.05, 0) is 50.6 Å². The molecule has 0 aliphatic carbocycles. The Morgan fingerprint density at radius 2 is 2.08 bits per heavy atom. The average molecular weight is 548 g/mol. The summed E-state index contributed by atoms with van der Waals surface area (Å²) in [5.41, 5.74) is 1.78. The number of pyridine rings is 3. The Hall–Kier alpha value is -4.20. The zero-order valence-corrected chi connectivity index (χ0v) is 22.8. The Balaban J connectivity index is 1.54. The van der Waals surface area contributed by atoms with Gasteiger partial charge in [0.2, 0.25) is 0 Å². The largest absolute Gasteiger partial charge is 0.489 e. The summed E-state index contributed by atoms with van der Waals surface area (Å²) in [6.07, 6.45) is 7.36. The number of hydrogen-bond acceptors (Lipinski definition) is 8. The predicted octanol–water partition coefficient (Wildman–Crippen LogP) is 4.11. The van der Waals surface area contributed by atoms with Gasteiger partial charge in [-0.25, -0.2) is 14.5 Å². The average Bonchev–Trinajstić information content (AvgIpc) is 3.34. The van der Waals surface area contributed by atoms with Crippen LogP contribution in [0.2, 0.25) is 5.02 Å². The molecule has 0 unspecified atom stereocenters. The first-order valence-corrected chi connectivity index (χ1v) is 12.9. The molecule has 4 rings (SSSR count). The fraction of sp³-hybridized carbons (Fsp3) is 0.321.